The first-order valence-corrected chi connectivity index (χ1v) is 10.1. The average molecular weight is 380 g/mol. The van der Waals surface area contributed by atoms with Crippen LogP contribution in [0.1, 0.15) is 29.5 Å². The van der Waals surface area contributed by atoms with E-state index >= 15 is 0 Å². The van der Waals surface area contributed by atoms with Crippen LogP contribution in [0.15, 0.2) is 28.7 Å². The van der Waals surface area contributed by atoms with Gasteiger partial charge in [0.15, 0.2) is 15.6 Å². The molecule has 26 heavy (non-hydrogen) atoms. The van der Waals surface area contributed by atoms with E-state index in [0.29, 0.717) is 17.8 Å². The molecule has 0 aliphatic carbocycles. The number of rotatable bonds is 5. The Morgan fingerprint density at radius 3 is 2.73 bits per heavy atom. The molecule has 0 bridgehead atoms. The van der Waals surface area contributed by atoms with Gasteiger partial charge in [0.05, 0.1) is 24.0 Å². The molecule has 2 amide bonds. The SMILES string of the molecule is CCOCc1c(C(=O)NNC(=O)[C@H]2CCS(=O)(=O)C2)oc2ccccc12. The first-order chi connectivity index (χ1) is 12.4. The maximum Gasteiger partial charge on any atom is 0.305 e. The van der Waals surface area contributed by atoms with E-state index in [1.54, 1.807) is 12.1 Å². The molecule has 1 saturated heterocycles. The fourth-order valence-corrected chi connectivity index (χ4v) is 4.65. The number of carbonyl (C=O) groups excluding carboxylic acids is 2. The van der Waals surface area contributed by atoms with Gasteiger partial charge in [-0.3, -0.25) is 20.4 Å². The minimum absolute atomic E-state index is 0.0128. The summed E-state index contributed by atoms with van der Waals surface area (Å²) in [4.78, 5) is 24.5. The highest BCUT2D eigenvalue weighted by Gasteiger charge is 2.33. The Morgan fingerprint density at radius 2 is 2.04 bits per heavy atom. The number of hydrogen-bond donors (Lipinski definition) is 2. The first kappa shape index (κ1) is 18.4. The third-order valence-electron chi connectivity index (χ3n) is 4.26. The fourth-order valence-electron chi connectivity index (χ4n) is 2.91. The number of benzene rings is 1. The molecule has 1 aromatic heterocycles. The number of fused-ring (bicyclic) bond motifs is 1. The zero-order valence-electron chi connectivity index (χ0n) is 14.3. The zero-order valence-corrected chi connectivity index (χ0v) is 15.1. The molecule has 2 aromatic rings. The Morgan fingerprint density at radius 1 is 1.27 bits per heavy atom. The van der Waals surface area contributed by atoms with Crippen LogP contribution in [0.3, 0.4) is 0 Å². The van der Waals surface area contributed by atoms with E-state index in [4.69, 9.17) is 9.15 Å². The van der Waals surface area contributed by atoms with Crippen LogP contribution in [0.2, 0.25) is 0 Å². The molecule has 0 spiro atoms. The molecular weight excluding hydrogens is 360 g/mol. The van der Waals surface area contributed by atoms with E-state index < -0.39 is 27.6 Å². The smallest absolute Gasteiger partial charge is 0.305 e. The van der Waals surface area contributed by atoms with E-state index in [9.17, 15) is 18.0 Å². The van der Waals surface area contributed by atoms with Crippen molar-refractivity contribution in [3.63, 3.8) is 0 Å². The average Bonchev–Trinajstić information content (AvgIpc) is 3.17. The van der Waals surface area contributed by atoms with Gasteiger partial charge in [-0.1, -0.05) is 18.2 Å². The second-order valence-corrected chi connectivity index (χ2v) is 8.32. The van der Waals surface area contributed by atoms with Gasteiger partial charge in [-0.15, -0.1) is 0 Å². The van der Waals surface area contributed by atoms with Gasteiger partial charge in [0.25, 0.3) is 0 Å². The number of para-hydroxylation sites is 1. The molecule has 2 N–H and O–H groups in total. The van der Waals surface area contributed by atoms with E-state index in [-0.39, 0.29) is 30.3 Å². The first-order valence-electron chi connectivity index (χ1n) is 8.30. The quantitative estimate of drug-likeness (QED) is 0.753. The van der Waals surface area contributed by atoms with Crippen LogP contribution in [0.25, 0.3) is 11.0 Å². The molecule has 8 nitrogen and oxygen atoms in total. The lowest BCUT2D eigenvalue weighted by molar-refractivity contribution is -0.125. The van der Waals surface area contributed by atoms with E-state index in [2.05, 4.69) is 10.9 Å². The molecule has 1 aliphatic heterocycles. The van der Waals surface area contributed by atoms with Crippen molar-refractivity contribution in [1.82, 2.24) is 10.9 Å². The summed E-state index contributed by atoms with van der Waals surface area (Å²) in [6, 6.07) is 7.19. The molecule has 1 fully saturated rings. The van der Waals surface area contributed by atoms with Crippen LogP contribution >= 0.6 is 0 Å². The van der Waals surface area contributed by atoms with Gasteiger partial charge in [-0.05, 0) is 19.4 Å². The van der Waals surface area contributed by atoms with Gasteiger partial charge < -0.3 is 9.15 Å². The van der Waals surface area contributed by atoms with Gasteiger partial charge in [0.1, 0.15) is 5.58 Å². The van der Waals surface area contributed by atoms with Crippen LogP contribution in [0, 0.1) is 5.92 Å². The molecule has 3 rings (SSSR count). The van der Waals surface area contributed by atoms with Crippen molar-refractivity contribution in [2.45, 2.75) is 20.0 Å². The van der Waals surface area contributed by atoms with Crippen LogP contribution < -0.4 is 10.9 Å². The molecule has 0 radical (unpaired) electrons. The Labute approximate surface area is 150 Å². The summed E-state index contributed by atoms with van der Waals surface area (Å²) >= 11 is 0. The summed E-state index contributed by atoms with van der Waals surface area (Å²) in [5.41, 5.74) is 5.72. The van der Waals surface area contributed by atoms with Crippen molar-refractivity contribution in [2.75, 3.05) is 18.1 Å². The lowest BCUT2D eigenvalue weighted by Gasteiger charge is -2.10. The number of hydrogen-bond acceptors (Lipinski definition) is 6. The lowest BCUT2D eigenvalue weighted by atomic mass is 10.1. The minimum atomic E-state index is -3.17. The molecule has 0 saturated carbocycles. The summed E-state index contributed by atoms with van der Waals surface area (Å²) in [5.74, 6) is -1.96. The number of nitrogens with one attached hydrogen (secondary N) is 2. The van der Waals surface area contributed by atoms with Crippen molar-refractivity contribution in [1.29, 1.82) is 0 Å². The summed E-state index contributed by atoms with van der Waals surface area (Å²) < 4.78 is 33.9. The number of ether oxygens (including phenoxy) is 1. The van der Waals surface area contributed by atoms with Crippen molar-refractivity contribution >= 4 is 32.6 Å². The molecule has 2 heterocycles. The van der Waals surface area contributed by atoms with Gasteiger partial charge >= 0.3 is 5.91 Å². The van der Waals surface area contributed by atoms with Crippen molar-refractivity contribution < 1.29 is 27.2 Å². The summed E-state index contributed by atoms with van der Waals surface area (Å²) in [6.45, 7) is 2.52. The van der Waals surface area contributed by atoms with E-state index in [1.807, 2.05) is 19.1 Å². The Balaban J connectivity index is 1.72. The second kappa shape index (κ2) is 7.46. The third kappa shape index (κ3) is 3.88. The molecular formula is C17H20N2O6S. The highest BCUT2D eigenvalue weighted by atomic mass is 32.2. The highest BCUT2D eigenvalue weighted by molar-refractivity contribution is 7.91. The topological polar surface area (TPSA) is 115 Å². The Bertz CT molecular complexity index is 934. The lowest BCUT2D eigenvalue weighted by Crippen LogP contribution is -2.45. The zero-order chi connectivity index (χ0) is 18.7. The largest absolute Gasteiger partial charge is 0.450 e. The molecule has 1 aromatic carbocycles. The number of carbonyl (C=O) groups is 2. The maximum atomic E-state index is 12.5. The molecule has 0 unspecified atom stereocenters. The molecule has 1 aliphatic rings. The van der Waals surface area contributed by atoms with Gasteiger partial charge in [-0.25, -0.2) is 8.42 Å². The van der Waals surface area contributed by atoms with E-state index in [1.165, 1.54) is 0 Å². The molecule has 9 heteroatoms. The Kier molecular flexibility index (Phi) is 5.28. The maximum absolute atomic E-state index is 12.5. The molecule has 140 valence electrons. The Hall–Kier alpha value is -2.39. The van der Waals surface area contributed by atoms with Crippen LogP contribution in [0.4, 0.5) is 0 Å². The summed E-state index contributed by atoms with van der Waals surface area (Å²) in [7, 11) is -3.17. The van der Waals surface area contributed by atoms with Gasteiger partial charge in [0, 0.05) is 17.6 Å². The standard InChI is InChI=1S/C17H20N2O6S/c1-2-24-9-13-12-5-3-4-6-14(12)25-15(13)17(21)19-18-16(20)11-7-8-26(22,23)10-11/h3-6,11H,2,7-10H2,1H3,(H,18,20)(H,19,21)/t11-/m0/s1. The predicted octanol–water partition coefficient (Wildman–Crippen LogP) is 1.17. The van der Waals surface area contributed by atoms with Crippen LogP contribution in [-0.2, 0) is 26.0 Å². The van der Waals surface area contributed by atoms with Crippen molar-refractivity contribution in [2.24, 2.45) is 5.92 Å². The second-order valence-electron chi connectivity index (χ2n) is 6.09. The number of sulfone groups is 1. The monoisotopic (exact) mass is 380 g/mol. The minimum Gasteiger partial charge on any atom is -0.450 e. The number of furan rings is 1. The highest BCUT2D eigenvalue weighted by Crippen LogP contribution is 2.26. The summed E-state index contributed by atoms with van der Waals surface area (Å²) in [5, 5.41) is 0.763. The van der Waals surface area contributed by atoms with Gasteiger partial charge in [-0.2, -0.15) is 0 Å². The number of hydrazine groups is 1. The summed E-state index contributed by atoms with van der Waals surface area (Å²) in [6.07, 6.45) is 0.254. The fraction of sp³-hybridized carbons (Fsp3) is 0.412. The third-order valence-corrected chi connectivity index (χ3v) is 6.03. The van der Waals surface area contributed by atoms with Gasteiger partial charge in [0.2, 0.25) is 5.91 Å². The number of amides is 2. The van der Waals surface area contributed by atoms with Crippen LogP contribution in [-0.4, -0.2) is 38.3 Å². The van der Waals surface area contributed by atoms with Crippen molar-refractivity contribution in [3.05, 3.63) is 35.6 Å². The normalized spacial score (nSPS) is 18.7. The predicted molar refractivity (Wildman–Crippen MR) is 93.9 cm³/mol. The van der Waals surface area contributed by atoms with E-state index in [0.717, 1.165) is 5.39 Å². The van der Waals surface area contributed by atoms with Crippen molar-refractivity contribution in [3.8, 4) is 0 Å². The van der Waals surface area contributed by atoms with Crippen LogP contribution in [0.5, 0.6) is 0 Å². The molecule has 1 atom stereocenters.